The van der Waals surface area contributed by atoms with Crippen LogP contribution in [0, 0.1) is 0 Å². The van der Waals surface area contributed by atoms with E-state index in [1.807, 2.05) is 42.5 Å². The van der Waals surface area contributed by atoms with Gasteiger partial charge in [-0.3, -0.25) is 9.79 Å². The highest BCUT2D eigenvalue weighted by molar-refractivity contribution is 7.46. The third kappa shape index (κ3) is 3.04. The molecule has 0 saturated heterocycles. The molecule has 6 nitrogen and oxygen atoms in total. The third-order valence-corrected chi connectivity index (χ3v) is 3.87. The molecule has 3 rings (SSSR count). The molecule has 114 valence electrons. The normalized spacial score (nSPS) is 12.5. The van der Waals surface area contributed by atoms with E-state index in [0.717, 1.165) is 28.7 Å². The van der Waals surface area contributed by atoms with Crippen molar-refractivity contribution in [3.8, 4) is 11.1 Å². The predicted molar refractivity (Wildman–Crippen MR) is 78.0 cm³/mol. The smallest absolute Gasteiger partial charge is 0.429 e. The van der Waals surface area contributed by atoms with Gasteiger partial charge in [0.15, 0.2) is 0 Å². The lowest BCUT2D eigenvalue weighted by Crippen LogP contribution is -2.07. The van der Waals surface area contributed by atoms with Gasteiger partial charge in [0.2, 0.25) is 0 Å². The highest BCUT2D eigenvalue weighted by Gasteiger charge is 2.24. The Labute approximate surface area is 126 Å². The van der Waals surface area contributed by atoms with E-state index in [4.69, 9.17) is 14.5 Å². The Morgan fingerprint density at radius 1 is 1.09 bits per heavy atom. The molecule has 2 aromatic carbocycles. The second-order valence-electron chi connectivity index (χ2n) is 4.90. The van der Waals surface area contributed by atoms with Crippen molar-refractivity contribution < 1.29 is 28.4 Å². The Bertz CT molecular complexity index is 779. The number of hydrogen-bond donors (Lipinski definition) is 2. The lowest BCUT2D eigenvalue weighted by Gasteiger charge is -2.10. The molecule has 2 aromatic rings. The molecule has 0 aliphatic heterocycles. The first-order chi connectivity index (χ1) is 10.4. The highest BCUT2D eigenvalue weighted by Crippen LogP contribution is 2.39. The van der Waals surface area contributed by atoms with Crippen molar-refractivity contribution in [1.82, 2.24) is 0 Å². The predicted octanol–water partition coefficient (Wildman–Crippen LogP) is 3.00. The summed E-state index contributed by atoms with van der Waals surface area (Å²) in [6.07, 6.45) is -0.653. The Morgan fingerprint density at radius 2 is 1.82 bits per heavy atom. The van der Waals surface area contributed by atoms with E-state index >= 15 is 0 Å². The maximum atomic E-state index is 11.2. The molecule has 0 spiro atoms. The lowest BCUT2D eigenvalue weighted by atomic mass is 10.0. The summed E-state index contributed by atoms with van der Waals surface area (Å²) in [6, 6.07) is 13.7. The van der Waals surface area contributed by atoms with Crippen LogP contribution in [-0.4, -0.2) is 15.9 Å². The Morgan fingerprint density at radius 3 is 2.59 bits per heavy atom. The minimum atomic E-state index is -4.88. The molecule has 1 aliphatic carbocycles. The number of phosphoric ester groups is 1. The Balaban J connectivity index is 1.78. The summed E-state index contributed by atoms with van der Waals surface area (Å²) in [5.41, 5.74) is 5.27. The van der Waals surface area contributed by atoms with Crippen LogP contribution in [0.15, 0.2) is 42.5 Å². The van der Waals surface area contributed by atoms with Gasteiger partial charge in [0.05, 0.1) is 0 Å². The summed E-state index contributed by atoms with van der Waals surface area (Å²) in [5, 5.41) is 0. The molecule has 0 aromatic heterocycles. The Kier molecular flexibility index (Phi) is 3.74. The van der Waals surface area contributed by atoms with E-state index in [0.29, 0.717) is 0 Å². The first-order valence-electron chi connectivity index (χ1n) is 6.55. The van der Waals surface area contributed by atoms with Crippen LogP contribution in [0.3, 0.4) is 0 Å². The fourth-order valence-electron chi connectivity index (χ4n) is 2.62. The van der Waals surface area contributed by atoms with Crippen LogP contribution in [0.4, 0.5) is 4.79 Å². The summed E-state index contributed by atoms with van der Waals surface area (Å²) in [6.45, 7) is -0.101. The number of rotatable bonds is 3. The zero-order chi connectivity index (χ0) is 15.7. The van der Waals surface area contributed by atoms with Gasteiger partial charge in [0.25, 0.3) is 0 Å². The van der Waals surface area contributed by atoms with Crippen molar-refractivity contribution in [3.05, 3.63) is 59.2 Å². The third-order valence-electron chi connectivity index (χ3n) is 3.49. The molecule has 0 saturated carbocycles. The molecule has 7 heteroatoms. The molecule has 0 amide bonds. The van der Waals surface area contributed by atoms with Crippen molar-refractivity contribution in [1.29, 1.82) is 0 Å². The van der Waals surface area contributed by atoms with Gasteiger partial charge in [0, 0.05) is 0 Å². The molecule has 1 aliphatic rings. The van der Waals surface area contributed by atoms with Gasteiger partial charge in [-0.1, -0.05) is 42.5 Å². The summed E-state index contributed by atoms with van der Waals surface area (Å²) in [5.74, 6) is 0. The number of benzene rings is 2. The highest BCUT2D eigenvalue weighted by atomic mass is 31.2. The van der Waals surface area contributed by atoms with Gasteiger partial charge in [-0.25, -0.2) is 9.36 Å². The maximum Gasteiger partial charge on any atom is 0.529 e. The molecular weight excluding hydrogens is 307 g/mol. The minimum Gasteiger partial charge on any atom is -0.429 e. The van der Waals surface area contributed by atoms with Crippen molar-refractivity contribution in [3.63, 3.8) is 0 Å². The molecule has 2 N–H and O–H groups in total. The number of carbonyl (C=O) groups is 1. The fourth-order valence-corrected chi connectivity index (χ4v) is 2.87. The average molecular weight is 320 g/mol. The maximum absolute atomic E-state index is 11.2. The van der Waals surface area contributed by atoms with Crippen molar-refractivity contribution in [2.45, 2.75) is 13.0 Å². The summed E-state index contributed by atoms with van der Waals surface area (Å²) < 4.78 is 19.2. The zero-order valence-electron chi connectivity index (χ0n) is 11.4. The van der Waals surface area contributed by atoms with Crippen LogP contribution in [0.25, 0.3) is 11.1 Å². The van der Waals surface area contributed by atoms with E-state index in [1.54, 1.807) is 0 Å². The second kappa shape index (κ2) is 5.57. The van der Waals surface area contributed by atoms with Crippen LogP contribution >= 0.6 is 7.82 Å². The zero-order valence-corrected chi connectivity index (χ0v) is 12.3. The van der Waals surface area contributed by atoms with E-state index in [1.165, 1.54) is 5.56 Å². The van der Waals surface area contributed by atoms with E-state index in [9.17, 15) is 9.36 Å². The van der Waals surface area contributed by atoms with Crippen LogP contribution in [0.2, 0.25) is 0 Å². The molecule has 0 fully saturated rings. The first kappa shape index (κ1) is 14.8. The SMILES string of the molecule is O=C(OCc1cccc2c1Cc1ccccc1-2)OP(=O)(O)O. The number of ether oxygens (including phenoxy) is 1. The van der Waals surface area contributed by atoms with Gasteiger partial charge in [0.1, 0.15) is 6.61 Å². The van der Waals surface area contributed by atoms with Crippen LogP contribution in [0.1, 0.15) is 16.7 Å². The van der Waals surface area contributed by atoms with E-state index < -0.39 is 14.0 Å². The number of hydrogen-bond acceptors (Lipinski definition) is 4. The molecule has 0 radical (unpaired) electrons. The molecule has 0 heterocycles. The van der Waals surface area contributed by atoms with Gasteiger partial charge >= 0.3 is 14.0 Å². The summed E-state index contributed by atoms with van der Waals surface area (Å²) >= 11 is 0. The quantitative estimate of drug-likeness (QED) is 0.569. The van der Waals surface area contributed by atoms with Crippen LogP contribution in [-0.2, 0) is 26.9 Å². The first-order valence-corrected chi connectivity index (χ1v) is 8.08. The summed E-state index contributed by atoms with van der Waals surface area (Å²) in [4.78, 5) is 28.3. The Hall–Kier alpha value is -2.14. The standard InChI is InChI=1S/C15H13O6P/c16-15(21-22(17,18)19)20-9-11-5-3-7-13-12-6-2-1-4-10(12)8-14(11)13/h1-7H,8-9H2,(H2,17,18,19). The molecule has 0 atom stereocenters. The van der Waals surface area contributed by atoms with Gasteiger partial charge in [-0.05, 0) is 34.2 Å². The number of carbonyl (C=O) groups excluding carboxylic acids is 1. The topological polar surface area (TPSA) is 93.1 Å². The fraction of sp³-hybridized carbons (Fsp3) is 0.133. The van der Waals surface area contributed by atoms with Gasteiger partial charge < -0.3 is 9.26 Å². The molecular formula is C15H13O6P. The van der Waals surface area contributed by atoms with Crippen molar-refractivity contribution in [2.75, 3.05) is 0 Å². The van der Waals surface area contributed by atoms with Gasteiger partial charge in [-0.15, -0.1) is 0 Å². The molecule has 0 bridgehead atoms. The molecule has 22 heavy (non-hydrogen) atoms. The van der Waals surface area contributed by atoms with Crippen LogP contribution in [0.5, 0.6) is 0 Å². The monoisotopic (exact) mass is 320 g/mol. The minimum absolute atomic E-state index is 0.101. The van der Waals surface area contributed by atoms with E-state index in [-0.39, 0.29) is 6.61 Å². The second-order valence-corrected chi connectivity index (χ2v) is 6.06. The molecule has 0 unspecified atom stereocenters. The number of fused-ring (bicyclic) bond motifs is 3. The largest absolute Gasteiger partial charge is 0.529 e. The van der Waals surface area contributed by atoms with Gasteiger partial charge in [-0.2, -0.15) is 0 Å². The number of phosphoric acid groups is 1. The van der Waals surface area contributed by atoms with Crippen LogP contribution < -0.4 is 0 Å². The van der Waals surface area contributed by atoms with E-state index in [2.05, 4.69) is 4.52 Å². The average Bonchev–Trinajstić information content (AvgIpc) is 2.82. The van der Waals surface area contributed by atoms with Crippen molar-refractivity contribution >= 4 is 14.0 Å². The van der Waals surface area contributed by atoms with Crippen molar-refractivity contribution in [2.24, 2.45) is 0 Å². The summed E-state index contributed by atoms with van der Waals surface area (Å²) in [7, 11) is -4.88. The lowest BCUT2D eigenvalue weighted by molar-refractivity contribution is 0.0803.